The Labute approximate surface area is 116 Å². The number of anilines is 1. The van der Waals surface area contributed by atoms with E-state index in [-0.39, 0.29) is 0 Å². The van der Waals surface area contributed by atoms with Crippen molar-refractivity contribution in [2.24, 2.45) is 17.0 Å². The number of fused-ring (bicyclic) bond motifs is 1. The minimum absolute atomic E-state index is 0.394. The minimum Gasteiger partial charge on any atom is -0.411 e. The number of alkyl halides is 2. The van der Waals surface area contributed by atoms with Gasteiger partial charge in [0.25, 0.3) is 5.92 Å². The fourth-order valence-corrected chi connectivity index (χ4v) is 3.02. The molecule has 0 spiro atoms. The Bertz CT molecular complexity index is 533. The molecular formula is C14H17F2N3O. The second-order valence-electron chi connectivity index (χ2n) is 5.42. The molecule has 3 rings (SSSR count). The third-order valence-electron chi connectivity index (χ3n) is 4.30. The van der Waals surface area contributed by atoms with Crippen LogP contribution in [-0.4, -0.2) is 35.4 Å². The predicted octanol–water partition coefficient (Wildman–Crippen LogP) is 2.35. The first-order valence-electron chi connectivity index (χ1n) is 6.85. The van der Waals surface area contributed by atoms with Gasteiger partial charge in [-0.05, 0) is 18.1 Å². The number of oxime groups is 1. The molecule has 0 amide bonds. The molecule has 4 nitrogen and oxygen atoms in total. The lowest BCUT2D eigenvalue weighted by Gasteiger charge is -2.22. The second kappa shape index (κ2) is 4.68. The third-order valence-corrected chi connectivity index (χ3v) is 4.30. The number of nitrogens with zero attached hydrogens (tertiary/aromatic N) is 3. The number of aromatic nitrogens is 1. The number of aryl methyl sites for hydroxylation is 1. The molecule has 2 unspecified atom stereocenters. The minimum atomic E-state index is -2.46. The van der Waals surface area contributed by atoms with E-state index in [1.165, 1.54) is 6.21 Å². The molecule has 0 aromatic carbocycles. The van der Waals surface area contributed by atoms with Gasteiger partial charge < -0.3 is 10.1 Å². The molecule has 108 valence electrons. The Morgan fingerprint density at radius 3 is 2.75 bits per heavy atom. The van der Waals surface area contributed by atoms with E-state index in [1.807, 2.05) is 24.0 Å². The average molecular weight is 281 g/mol. The fourth-order valence-electron chi connectivity index (χ4n) is 3.02. The lowest BCUT2D eigenvalue weighted by Crippen LogP contribution is -2.28. The molecule has 6 heteroatoms. The Morgan fingerprint density at radius 1 is 1.45 bits per heavy atom. The molecular weight excluding hydrogens is 264 g/mol. The van der Waals surface area contributed by atoms with Crippen molar-refractivity contribution < 1.29 is 14.0 Å². The van der Waals surface area contributed by atoms with Crippen LogP contribution in [0.3, 0.4) is 0 Å². The first-order valence-corrected chi connectivity index (χ1v) is 6.85. The quantitative estimate of drug-likeness (QED) is 0.523. The normalized spacial score (nSPS) is 27.1. The molecule has 1 aliphatic carbocycles. The van der Waals surface area contributed by atoms with Crippen LogP contribution < -0.4 is 4.90 Å². The zero-order valence-corrected chi connectivity index (χ0v) is 11.3. The highest BCUT2D eigenvalue weighted by atomic mass is 19.3. The van der Waals surface area contributed by atoms with E-state index < -0.39 is 17.8 Å². The summed E-state index contributed by atoms with van der Waals surface area (Å²) in [7, 11) is 0. The summed E-state index contributed by atoms with van der Waals surface area (Å²) >= 11 is 0. The van der Waals surface area contributed by atoms with Crippen molar-refractivity contribution in [1.29, 1.82) is 0 Å². The van der Waals surface area contributed by atoms with Crippen LogP contribution in [0.1, 0.15) is 18.2 Å². The van der Waals surface area contributed by atoms with E-state index in [9.17, 15) is 8.78 Å². The molecule has 1 saturated heterocycles. The van der Waals surface area contributed by atoms with Crippen LogP contribution in [0.15, 0.2) is 17.3 Å². The summed E-state index contributed by atoms with van der Waals surface area (Å²) in [5.41, 5.74) is 1.93. The summed E-state index contributed by atoms with van der Waals surface area (Å²) in [4.78, 5) is 6.51. The maximum atomic E-state index is 13.2. The summed E-state index contributed by atoms with van der Waals surface area (Å²) in [6.45, 7) is 2.79. The average Bonchev–Trinajstić information content (AvgIpc) is 2.84. The summed E-state index contributed by atoms with van der Waals surface area (Å²) in [6.07, 6.45) is 2.71. The van der Waals surface area contributed by atoms with Gasteiger partial charge in [0.2, 0.25) is 0 Å². The van der Waals surface area contributed by atoms with Crippen molar-refractivity contribution in [3.05, 3.63) is 23.4 Å². The van der Waals surface area contributed by atoms with Gasteiger partial charge in [0.05, 0.1) is 11.8 Å². The van der Waals surface area contributed by atoms with E-state index in [0.29, 0.717) is 19.5 Å². The second-order valence-corrected chi connectivity index (χ2v) is 5.42. The van der Waals surface area contributed by atoms with Crippen LogP contribution in [0, 0.1) is 11.8 Å². The number of pyridine rings is 1. The number of halogens is 2. The van der Waals surface area contributed by atoms with Gasteiger partial charge in [-0.25, -0.2) is 13.8 Å². The first kappa shape index (κ1) is 13.3. The van der Waals surface area contributed by atoms with Crippen LogP contribution in [0.2, 0.25) is 0 Å². The van der Waals surface area contributed by atoms with Crippen LogP contribution in [0.25, 0.3) is 0 Å². The van der Waals surface area contributed by atoms with Gasteiger partial charge in [-0.3, -0.25) is 0 Å². The zero-order chi connectivity index (χ0) is 14.3. The molecule has 20 heavy (non-hydrogen) atoms. The first-order chi connectivity index (χ1) is 9.57. The van der Waals surface area contributed by atoms with Crippen molar-refractivity contribution in [3.63, 3.8) is 0 Å². The number of hydrogen-bond donors (Lipinski definition) is 1. The highest BCUT2D eigenvalue weighted by Crippen LogP contribution is 2.59. The van der Waals surface area contributed by atoms with Gasteiger partial charge in [0.15, 0.2) is 0 Å². The van der Waals surface area contributed by atoms with E-state index in [1.54, 1.807) is 0 Å². The van der Waals surface area contributed by atoms with Crippen molar-refractivity contribution in [1.82, 2.24) is 4.98 Å². The SMILES string of the molecule is CCc1nc(N2CC3C(C2)C3(F)F)ccc1C/C=N/O. The van der Waals surface area contributed by atoms with Crippen molar-refractivity contribution in [2.75, 3.05) is 18.0 Å². The molecule has 0 bridgehead atoms. The van der Waals surface area contributed by atoms with Gasteiger partial charge >= 0.3 is 0 Å². The van der Waals surface area contributed by atoms with Crippen LogP contribution in [0.5, 0.6) is 0 Å². The summed E-state index contributed by atoms with van der Waals surface area (Å²) in [5, 5.41) is 11.5. The Balaban J connectivity index is 1.75. The molecule has 2 aliphatic rings. The zero-order valence-electron chi connectivity index (χ0n) is 11.3. The number of hydrogen-bond acceptors (Lipinski definition) is 4. The Kier molecular flexibility index (Phi) is 3.11. The van der Waals surface area contributed by atoms with Gasteiger partial charge in [0, 0.05) is 31.4 Å². The molecule has 2 atom stereocenters. The monoisotopic (exact) mass is 281 g/mol. The van der Waals surface area contributed by atoms with E-state index >= 15 is 0 Å². The standard InChI is InChI=1S/C14H17F2N3O/c1-2-12-9(5-6-17-20)3-4-13(18-12)19-7-10-11(8-19)14(10,15)16/h3-4,6,10-11,20H,2,5,7-8H2,1H3/b17-6+. The fraction of sp³-hybridized carbons (Fsp3) is 0.571. The van der Waals surface area contributed by atoms with Crippen molar-refractivity contribution in [3.8, 4) is 0 Å². The summed E-state index contributed by atoms with van der Waals surface area (Å²) in [6, 6.07) is 3.80. The molecule has 1 saturated carbocycles. The number of rotatable bonds is 4. The van der Waals surface area contributed by atoms with E-state index in [4.69, 9.17) is 5.21 Å². The van der Waals surface area contributed by atoms with Crippen molar-refractivity contribution >= 4 is 12.0 Å². The third kappa shape index (κ3) is 2.03. The maximum Gasteiger partial charge on any atom is 0.258 e. The van der Waals surface area contributed by atoms with E-state index in [2.05, 4.69) is 10.1 Å². The van der Waals surface area contributed by atoms with Crippen LogP contribution in [-0.2, 0) is 12.8 Å². The molecule has 0 radical (unpaired) electrons. The van der Waals surface area contributed by atoms with Gasteiger partial charge in [-0.1, -0.05) is 13.0 Å². The lowest BCUT2D eigenvalue weighted by molar-refractivity contribution is 0.0797. The highest BCUT2D eigenvalue weighted by molar-refractivity contribution is 5.61. The molecule has 1 N–H and O–H groups in total. The number of piperidine rings is 1. The highest BCUT2D eigenvalue weighted by Gasteiger charge is 2.71. The smallest absolute Gasteiger partial charge is 0.258 e. The topological polar surface area (TPSA) is 48.7 Å². The Hall–Kier alpha value is -1.72. The maximum absolute atomic E-state index is 13.2. The Morgan fingerprint density at radius 2 is 2.15 bits per heavy atom. The predicted molar refractivity (Wildman–Crippen MR) is 71.7 cm³/mol. The molecule has 1 aromatic heterocycles. The van der Waals surface area contributed by atoms with Gasteiger partial charge in [-0.15, -0.1) is 5.16 Å². The molecule has 1 aliphatic heterocycles. The summed E-state index contributed by atoms with van der Waals surface area (Å²) in [5.74, 6) is -2.66. The summed E-state index contributed by atoms with van der Waals surface area (Å²) < 4.78 is 26.4. The molecule has 1 aromatic rings. The van der Waals surface area contributed by atoms with Gasteiger partial charge in [-0.2, -0.15) is 0 Å². The molecule has 2 heterocycles. The largest absolute Gasteiger partial charge is 0.411 e. The van der Waals surface area contributed by atoms with Crippen molar-refractivity contribution in [2.45, 2.75) is 25.7 Å². The van der Waals surface area contributed by atoms with E-state index in [0.717, 1.165) is 23.5 Å². The van der Waals surface area contributed by atoms with Gasteiger partial charge in [0.1, 0.15) is 5.82 Å². The van der Waals surface area contributed by atoms with Crippen LogP contribution in [0.4, 0.5) is 14.6 Å². The van der Waals surface area contributed by atoms with Crippen LogP contribution >= 0.6 is 0 Å². The lowest BCUT2D eigenvalue weighted by atomic mass is 10.1. The molecule has 2 fully saturated rings.